The van der Waals surface area contributed by atoms with Crippen LogP contribution in [0.15, 0.2) is 33.8 Å². The number of furan rings is 1. The summed E-state index contributed by atoms with van der Waals surface area (Å²) in [6, 6.07) is 5.74. The Balaban J connectivity index is 1.87. The van der Waals surface area contributed by atoms with Crippen LogP contribution >= 0.6 is 0 Å². The van der Waals surface area contributed by atoms with E-state index in [0.717, 1.165) is 53.9 Å². The lowest BCUT2D eigenvalue weighted by molar-refractivity contribution is 0.216. The maximum absolute atomic E-state index is 13.1. The van der Waals surface area contributed by atoms with E-state index in [-0.39, 0.29) is 6.04 Å². The first kappa shape index (κ1) is 19.1. The molecule has 1 unspecified atom stereocenters. The topological polar surface area (TPSA) is 62.6 Å². The van der Waals surface area contributed by atoms with Crippen molar-refractivity contribution in [1.82, 2.24) is 9.62 Å². The van der Waals surface area contributed by atoms with Crippen LogP contribution in [0.25, 0.3) is 0 Å². The van der Waals surface area contributed by atoms with Gasteiger partial charge in [-0.05, 0) is 88.0 Å². The van der Waals surface area contributed by atoms with Gasteiger partial charge in [0.1, 0.15) is 5.76 Å². The van der Waals surface area contributed by atoms with Crippen LogP contribution in [0.5, 0.6) is 0 Å². The number of hydrogen-bond acceptors (Lipinski definition) is 4. The van der Waals surface area contributed by atoms with Gasteiger partial charge in [-0.15, -0.1) is 0 Å². The first-order chi connectivity index (χ1) is 12.3. The minimum Gasteiger partial charge on any atom is -0.468 e. The lowest BCUT2D eigenvalue weighted by Crippen LogP contribution is -2.37. The molecule has 1 aliphatic heterocycles. The van der Waals surface area contributed by atoms with Crippen molar-refractivity contribution in [3.8, 4) is 0 Å². The van der Waals surface area contributed by atoms with E-state index in [1.54, 1.807) is 6.26 Å². The Bertz CT molecular complexity index is 841. The molecular weight excluding hydrogens is 348 g/mol. The van der Waals surface area contributed by atoms with Crippen molar-refractivity contribution in [1.29, 1.82) is 0 Å². The SMILES string of the molecule is Cc1cc(C)c(C)c(S(=O)(=O)NCC(c2ccco2)N2CCCC2)c1C. The molecule has 0 bridgehead atoms. The average Bonchev–Trinajstić information content (AvgIpc) is 3.27. The lowest BCUT2D eigenvalue weighted by Gasteiger charge is -2.26. The van der Waals surface area contributed by atoms with Gasteiger partial charge in [-0.3, -0.25) is 4.90 Å². The maximum atomic E-state index is 13.1. The van der Waals surface area contributed by atoms with Crippen LogP contribution in [0, 0.1) is 27.7 Å². The molecule has 26 heavy (non-hydrogen) atoms. The summed E-state index contributed by atoms with van der Waals surface area (Å²) in [5.74, 6) is 0.809. The zero-order valence-electron chi connectivity index (χ0n) is 16.0. The molecule has 1 aromatic heterocycles. The van der Waals surface area contributed by atoms with E-state index in [9.17, 15) is 8.42 Å². The number of likely N-dealkylation sites (tertiary alicyclic amines) is 1. The number of rotatable bonds is 6. The van der Waals surface area contributed by atoms with Gasteiger partial charge in [0, 0.05) is 6.54 Å². The molecule has 1 fully saturated rings. The average molecular weight is 377 g/mol. The second-order valence-corrected chi connectivity index (χ2v) is 8.92. The molecular formula is C20H28N2O3S. The fraction of sp³-hybridized carbons (Fsp3) is 0.500. The molecule has 1 atom stereocenters. The zero-order chi connectivity index (χ0) is 18.9. The maximum Gasteiger partial charge on any atom is 0.241 e. The largest absolute Gasteiger partial charge is 0.468 e. The van der Waals surface area contributed by atoms with Crippen molar-refractivity contribution in [2.75, 3.05) is 19.6 Å². The van der Waals surface area contributed by atoms with Gasteiger partial charge in [0.2, 0.25) is 10.0 Å². The quantitative estimate of drug-likeness (QED) is 0.836. The Morgan fingerprint density at radius 1 is 1.12 bits per heavy atom. The summed E-state index contributed by atoms with van der Waals surface area (Å²) >= 11 is 0. The molecule has 142 valence electrons. The molecule has 0 saturated carbocycles. The van der Waals surface area contributed by atoms with E-state index in [1.807, 2.05) is 45.9 Å². The fourth-order valence-electron chi connectivity index (χ4n) is 3.79. The van der Waals surface area contributed by atoms with E-state index in [0.29, 0.717) is 11.4 Å². The van der Waals surface area contributed by atoms with Crippen LogP contribution in [0.4, 0.5) is 0 Å². The van der Waals surface area contributed by atoms with Crippen molar-refractivity contribution in [2.45, 2.75) is 51.5 Å². The minimum atomic E-state index is -3.60. The smallest absolute Gasteiger partial charge is 0.241 e. The molecule has 5 nitrogen and oxygen atoms in total. The van der Waals surface area contributed by atoms with Gasteiger partial charge in [0.25, 0.3) is 0 Å². The third kappa shape index (κ3) is 3.72. The molecule has 6 heteroatoms. The van der Waals surface area contributed by atoms with Gasteiger partial charge < -0.3 is 4.42 Å². The molecule has 1 aliphatic rings. The van der Waals surface area contributed by atoms with E-state index in [1.165, 1.54) is 0 Å². The van der Waals surface area contributed by atoms with Crippen LogP contribution in [0.2, 0.25) is 0 Å². The summed E-state index contributed by atoms with van der Waals surface area (Å²) in [5.41, 5.74) is 3.62. The molecule has 1 saturated heterocycles. The van der Waals surface area contributed by atoms with Crippen molar-refractivity contribution >= 4 is 10.0 Å². The van der Waals surface area contributed by atoms with Gasteiger partial charge in [-0.25, -0.2) is 13.1 Å². The van der Waals surface area contributed by atoms with E-state index in [2.05, 4.69) is 9.62 Å². The minimum absolute atomic E-state index is 0.0752. The predicted octanol–water partition coefficient (Wildman–Crippen LogP) is 3.63. The first-order valence-electron chi connectivity index (χ1n) is 9.16. The second kappa shape index (κ2) is 7.55. The summed E-state index contributed by atoms with van der Waals surface area (Å²) in [7, 11) is -3.60. The summed E-state index contributed by atoms with van der Waals surface area (Å²) in [6.45, 7) is 9.90. The highest BCUT2D eigenvalue weighted by Crippen LogP contribution is 2.28. The number of aryl methyl sites for hydroxylation is 2. The standard InChI is InChI=1S/C20H28N2O3S/c1-14-12-15(2)17(4)20(16(14)3)26(23,24)21-13-18(19-8-7-11-25-19)22-9-5-6-10-22/h7-8,11-12,18,21H,5-6,9-10,13H2,1-4H3. The molecule has 0 aliphatic carbocycles. The summed E-state index contributed by atoms with van der Waals surface area (Å²) in [5, 5.41) is 0. The first-order valence-corrected chi connectivity index (χ1v) is 10.6. The summed E-state index contributed by atoms with van der Waals surface area (Å²) in [4.78, 5) is 2.71. The number of nitrogens with zero attached hydrogens (tertiary/aromatic N) is 1. The Labute approximate surface area is 156 Å². The number of nitrogens with one attached hydrogen (secondary N) is 1. The number of sulfonamides is 1. The zero-order valence-corrected chi connectivity index (χ0v) is 16.8. The van der Waals surface area contributed by atoms with E-state index >= 15 is 0 Å². The summed E-state index contributed by atoms with van der Waals surface area (Å²) < 4.78 is 34.6. The van der Waals surface area contributed by atoms with Crippen LogP contribution in [-0.4, -0.2) is 33.0 Å². The van der Waals surface area contributed by atoms with Crippen molar-refractivity contribution in [3.05, 3.63) is 52.5 Å². The van der Waals surface area contributed by atoms with Gasteiger partial charge in [0.15, 0.2) is 0 Å². The van der Waals surface area contributed by atoms with Gasteiger partial charge in [0.05, 0.1) is 17.2 Å². The molecule has 0 radical (unpaired) electrons. The van der Waals surface area contributed by atoms with Crippen molar-refractivity contribution in [3.63, 3.8) is 0 Å². The Morgan fingerprint density at radius 2 is 1.73 bits per heavy atom. The molecule has 0 spiro atoms. The molecule has 1 N–H and O–H groups in total. The highest BCUT2D eigenvalue weighted by Gasteiger charge is 2.29. The van der Waals surface area contributed by atoms with E-state index in [4.69, 9.17) is 4.42 Å². The predicted molar refractivity (Wildman–Crippen MR) is 103 cm³/mol. The van der Waals surface area contributed by atoms with Crippen molar-refractivity contribution < 1.29 is 12.8 Å². The van der Waals surface area contributed by atoms with Crippen LogP contribution in [0.3, 0.4) is 0 Å². The molecule has 3 rings (SSSR count). The highest BCUT2D eigenvalue weighted by atomic mass is 32.2. The molecule has 0 amide bonds. The van der Waals surface area contributed by atoms with Crippen molar-refractivity contribution in [2.24, 2.45) is 0 Å². The second-order valence-electron chi connectivity index (χ2n) is 7.22. The Morgan fingerprint density at radius 3 is 2.27 bits per heavy atom. The third-order valence-electron chi connectivity index (χ3n) is 5.49. The third-order valence-corrected chi connectivity index (χ3v) is 7.18. The van der Waals surface area contributed by atoms with Gasteiger partial charge in [-0.1, -0.05) is 6.07 Å². The number of hydrogen-bond donors (Lipinski definition) is 1. The van der Waals surface area contributed by atoms with Crippen LogP contribution in [-0.2, 0) is 10.0 Å². The monoisotopic (exact) mass is 376 g/mol. The highest BCUT2D eigenvalue weighted by molar-refractivity contribution is 7.89. The van der Waals surface area contributed by atoms with Gasteiger partial charge >= 0.3 is 0 Å². The fourth-order valence-corrected chi connectivity index (χ4v) is 5.44. The normalized spacial score (nSPS) is 16.9. The Hall–Kier alpha value is -1.63. The Kier molecular flexibility index (Phi) is 5.55. The van der Waals surface area contributed by atoms with Gasteiger partial charge in [-0.2, -0.15) is 0 Å². The van der Waals surface area contributed by atoms with Crippen LogP contribution in [0.1, 0.15) is 46.9 Å². The van der Waals surface area contributed by atoms with Crippen LogP contribution < -0.4 is 4.72 Å². The number of benzene rings is 1. The summed E-state index contributed by atoms with van der Waals surface area (Å²) in [6.07, 6.45) is 3.92. The van der Waals surface area contributed by atoms with E-state index < -0.39 is 10.0 Å². The molecule has 2 heterocycles. The molecule has 2 aromatic rings. The lowest BCUT2D eigenvalue weighted by atomic mass is 10.0. The molecule has 1 aromatic carbocycles.